The van der Waals surface area contributed by atoms with Crippen molar-refractivity contribution in [2.45, 2.75) is 83.5 Å². The molecule has 1 aromatic carbocycles. The maximum Gasteiger partial charge on any atom is 0.305 e. The Morgan fingerprint density at radius 3 is 2.13 bits per heavy atom. The lowest BCUT2D eigenvalue weighted by molar-refractivity contribution is -0.142. The molecule has 1 saturated carbocycles. The van der Waals surface area contributed by atoms with Gasteiger partial charge < -0.3 is 14.1 Å². The fourth-order valence-electron chi connectivity index (χ4n) is 4.86. The van der Waals surface area contributed by atoms with Crippen molar-refractivity contribution in [3.05, 3.63) is 52.0 Å². The molecule has 0 spiro atoms. The zero-order chi connectivity index (χ0) is 28.0. The molecule has 1 aliphatic carbocycles. The topological polar surface area (TPSA) is 81.6 Å². The van der Waals surface area contributed by atoms with Crippen molar-refractivity contribution in [1.29, 1.82) is 0 Å². The van der Waals surface area contributed by atoms with E-state index in [1.807, 2.05) is 19.1 Å². The van der Waals surface area contributed by atoms with Gasteiger partial charge in [0.25, 0.3) is 5.91 Å². The third kappa shape index (κ3) is 7.78. The number of carbonyl (C=O) groups excluding carboxylic acids is 2. The van der Waals surface area contributed by atoms with Crippen LogP contribution >= 0.6 is 23.2 Å². The van der Waals surface area contributed by atoms with Gasteiger partial charge in [0.05, 0.1) is 19.8 Å². The van der Waals surface area contributed by atoms with Crippen molar-refractivity contribution in [1.82, 2.24) is 9.97 Å². The first-order chi connectivity index (χ1) is 17.9. The Labute approximate surface area is 237 Å². The lowest BCUT2D eigenvalue weighted by Gasteiger charge is -2.34. The highest BCUT2D eigenvalue weighted by atomic mass is 35.5. The van der Waals surface area contributed by atoms with Crippen LogP contribution in [0.25, 0.3) is 0 Å². The molecule has 3 rings (SSSR count). The minimum absolute atomic E-state index is 0.0193. The third-order valence-electron chi connectivity index (χ3n) is 7.75. The number of benzene rings is 1. The fraction of sp³-hybridized carbons (Fsp3) is 0.571. The van der Waals surface area contributed by atoms with E-state index in [4.69, 9.17) is 32.4 Å². The Bertz CT molecular complexity index is 1090. The van der Waals surface area contributed by atoms with Crippen molar-refractivity contribution in [3.8, 4) is 0 Å². The van der Waals surface area contributed by atoms with Crippen LogP contribution in [-0.2, 0) is 14.0 Å². The number of nitrogens with zero attached hydrogens (tertiary/aromatic N) is 3. The van der Waals surface area contributed by atoms with Crippen LogP contribution in [0.3, 0.4) is 0 Å². The second-order valence-electron chi connectivity index (χ2n) is 11.0. The molecule has 0 bridgehead atoms. The molecule has 0 unspecified atom stereocenters. The predicted molar refractivity (Wildman–Crippen MR) is 155 cm³/mol. The van der Waals surface area contributed by atoms with E-state index in [1.165, 1.54) is 19.0 Å². The zero-order valence-corrected chi connectivity index (χ0v) is 25.7. The van der Waals surface area contributed by atoms with Crippen LogP contribution < -0.4 is 4.90 Å². The Morgan fingerprint density at radius 1 is 1.03 bits per heavy atom. The molecule has 1 aromatic heterocycles. The molecule has 208 valence electrons. The quantitative estimate of drug-likeness (QED) is 0.167. The number of hydrogen-bond acceptors (Lipinski definition) is 6. The normalized spacial score (nSPS) is 18.8. The van der Waals surface area contributed by atoms with Gasteiger partial charge in [0.15, 0.2) is 8.32 Å². The molecule has 0 radical (unpaired) electrons. The molecule has 1 heterocycles. The maximum atomic E-state index is 13.8. The van der Waals surface area contributed by atoms with Gasteiger partial charge in [-0.3, -0.25) is 9.59 Å². The zero-order valence-electron chi connectivity index (χ0n) is 23.2. The number of hydrogen-bond donors (Lipinski definition) is 0. The highest BCUT2D eigenvalue weighted by molar-refractivity contribution is 6.72. The first-order valence-corrected chi connectivity index (χ1v) is 17.0. The highest BCUT2D eigenvalue weighted by Gasteiger charge is 2.32. The molecule has 1 amide bonds. The summed E-state index contributed by atoms with van der Waals surface area (Å²) in [7, 11) is -0.501. The number of methoxy groups -OCH3 is 1. The number of amides is 1. The lowest BCUT2D eigenvalue weighted by Crippen LogP contribution is -2.44. The first-order valence-electron chi connectivity index (χ1n) is 13.2. The SMILES string of the molecule is COC(=O)CC1CCC(c2ccc(N(C[C@@H](C)O[Si](C)(C)C(C)C)C(=O)c3c(Cl)ncnc3Cl)cc2)CC1. The highest BCUT2D eigenvalue weighted by Crippen LogP contribution is 2.38. The van der Waals surface area contributed by atoms with E-state index in [-0.39, 0.29) is 33.9 Å². The van der Waals surface area contributed by atoms with Crippen molar-refractivity contribution in [2.24, 2.45) is 5.92 Å². The molecule has 1 atom stereocenters. The smallest absolute Gasteiger partial charge is 0.305 e. The summed E-state index contributed by atoms with van der Waals surface area (Å²) >= 11 is 12.6. The standard InChI is InChI=1S/C28H39Cl2N3O4Si/c1-18(2)38(5,6)37-19(3)16-33(28(35)25-26(29)31-17-32-27(25)30)23-13-11-22(12-14-23)21-9-7-20(8-10-21)15-24(34)36-4/h11-14,17-21H,7-10,15-16H2,1-6H3/t19-,20?,21?/m1/s1. The molecule has 7 nitrogen and oxygen atoms in total. The van der Waals surface area contributed by atoms with Gasteiger partial charge in [0, 0.05) is 12.1 Å². The summed E-state index contributed by atoms with van der Waals surface area (Å²) in [6.07, 6.45) is 5.58. The number of halogens is 2. The van der Waals surface area contributed by atoms with Gasteiger partial charge in [-0.15, -0.1) is 0 Å². The maximum absolute atomic E-state index is 13.8. The van der Waals surface area contributed by atoms with Gasteiger partial charge in [0.2, 0.25) is 0 Å². The minimum atomic E-state index is -1.94. The van der Waals surface area contributed by atoms with Gasteiger partial charge in [0.1, 0.15) is 22.2 Å². The Morgan fingerprint density at radius 2 is 1.61 bits per heavy atom. The van der Waals surface area contributed by atoms with Crippen LogP contribution in [0.5, 0.6) is 0 Å². The molecule has 38 heavy (non-hydrogen) atoms. The van der Waals surface area contributed by atoms with Gasteiger partial charge in [-0.25, -0.2) is 9.97 Å². The number of aromatic nitrogens is 2. The van der Waals surface area contributed by atoms with Crippen molar-refractivity contribution in [3.63, 3.8) is 0 Å². The number of rotatable bonds is 10. The largest absolute Gasteiger partial charge is 0.469 e. The molecule has 0 aliphatic heterocycles. The van der Waals surface area contributed by atoms with Gasteiger partial charge >= 0.3 is 5.97 Å². The van der Waals surface area contributed by atoms with Crippen LogP contribution in [0.2, 0.25) is 28.9 Å². The molecule has 2 aromatic rings. The van der Waals surface area contributed by atoms with Crippen molar-refractivity contribution in [2.75, 3.05) is 18.6 Å². The molecule has 0 saturated heterocycles. The number of ether oxygens (including phenoxy) is 1. The fourth-order valence-corrected chi connectivity index (χ4v) is 6.72. The van der Waals surface area contributed by atoms with E-state index in [1.54, 1.807) is 4.90 Å². The molecular formula is C28H39Cl2N3O4Si. The van der Waals surface area contributed by atoms with Crippen LogP contribution in [-0.4, -0.2) is 49.9 Å². The molecule has 1 aliphatic rings. The Balaban J connectivity index is 1.81. The molecule has 0 N–H and O–H groups in total. The Hall–Kier alpha value is -2.00. The monoisotopic (exact) mass is 579 g/mol. The summed E-state index contributed by atoms with van der Waals surface area (Å²) in [5, 5.41) is 0.0385. The average molecular weight is 581 g/mol. The second kappa shape index (κ2) is 13.4. The summed E-state index contributed by atoms with van der Waals surface area (Å²) in [6.45, 7) is 11.0. The van der Waals surface area contributed by atoms with Gasteiger partial charge in [-0.2, -0.15) is 0 Å². The molecule has 10 heteroatoms. The van der Waals surface area contributed by atoms with Gasteiger partial charge in [-0.05, 0) is 80.8 Å². The minimum Gasteiger partial charge on any atom is -0.469 e. The van der Waals surface area contributed by atoms with Crippen LogP contribution in [0, 0.1) is 5.92 Å². The van der Waals surface area contributed by atoms with E-state index < -0.39 is 8.32 Å². The molecule has 1 fully saturated rings. The number of anilines is 1. The summed E-state index contributed by atoms with van der Waals surface area (Å²) in [6, 6.07) is 8.11. The summed E-state index contributed by atoms with van der Waals surface area (Å²) < 4.78 is 11.3. The summed E-state index contributed by atoms with van der Waals surface area (Å²) in [5.41, 5.74) is 2.47. The second-order valence-corrected chi connectivity index (χ2v) is 16.3. The van der Waals surface area contributed by atoms with Crippen LogP contribution in [0.4, 0.5) is 5.69 Å². The summed E-state index contributed by atoms with van der Waals surface area (Å²) in [5.74, 6) is 0.308. The summed E-state index contributed by atoms with van der Waals surface area (Å²) in [4.78, 5) is 35.0. The average Bonchev–Trinajstić information content (AvgIpc) is 2.87. The Kier molecular flexibility index (Phi) is 10.7. The van der Waals surface area contributed by atoms with E-state index in [2.05, 4.69) is 49.0 Å². The van der Waals surface area contributed by atoms with Crippen molar-refractivity contribution < 1.29 is 18.8 Å². The first kappa shape index (κ1) is 30.5. The van der Waals surface area contributed by atoms with E-state index in [0.717, 1.165) is 31.4 Å². The lowest BCUT2D eigenvalue weighted by atomic mass is 9.77. The van der Waals surface area contributed by atoms with E-state index in [0.29, 0.717) is 30.3 Å². The third-order valence-corrected chi connectivity index (χ3v) is 12.1. The predicted octanol–water partition coefficient (Wildman–Crippen LogP) is 7.29. The van der Waals surface area contributed by atoms with Crippen LogP contribution in [0.15, 0.2) is 30.6 Å². The number of esters is 1. The van der Waals surface area contributed by atoms with Crippen molar-refractivity contribution >= 4 is 49.1 Å². The molecular weight excluding hydrogens is 541 g/mol. The van der Waals surface area contributed by atoms with Crippen LogP contribution in [0.1, 0.15) is 74.7 Å². The number of carbonyl (C=O) groups is 2. The van der Waals surface area contributed by atoms with E-state index in [9.17, 15) is 9.59 Å². The van der Waals surface area contributed by atoms with Gasteiger partial charge in [-0.1, -0.05) is 49.2 Å². The van der Waals surface area contributed by atoms with E-state index >= 15 is 0 Å².